The third-order valence-corrected chi connectivity index (χ3v) is 7.06. The first-order valence-corrected chi connectivity index (χ1v) is 11.2. The molecule has 1 aliphatic heterocycles. The fraction of sp³-hybridized carbons (Fsp3) is 0.474. The van der Waals surface area contributed by atoms with Crippen molar-refractivity contribution in [3.05, 3.63) is 40.3 Å². The summed E-state index contributed by atoms with van der Waals surface area (Å²) in [5, 5.41) is 13.7. The van der Waals surface area contributed by atoms with E-state index in [9.17, 15) is 27.9 Å². The second-order valence-electron chi connectivity index (χ2n) is 7.28. The van der Waals surface area contributed by atoms with Gasteiger partial charge in [-0.1, -0.05) is 25.1 Å². The van der Waals surface area contributed by atoms with E-state index < -0.39 is 39.9 Å². The number of aromatic nitrogens is 2. The van der Waals surface area contributed by atoms with Crippen LogP contribution in [0.15, 0.2) is 29.1 Å². The quantitative estimate of drug-likeness (QED) is 0.734. The molecule has 29 heavy (non-hydrogen) atoms. The van der Waals surface area contributed by atoms with E-state index in [4.69, 9.17) is 0 Å². The van der Waals surface area contributed by atoms with Crippen LogP contribution in [0, 0.1) is 0 Å². The molecular formula is C19H23N3O6S. The van der Waals surface area contributed by atoms with Crippen molar-refractivity contribution < 1.29 is 23.1 Å². The Labute approximate surface area is 167 Å². The molecule has 0 bridgehead atoms. The maximum absolute atomic E-state index is 13.1. The molecule has 9 nitrogen and oxygen atoms in total. The number of hydrogen-bond donors (Lipinski definition) is 1. The first kappa shape index (κ1) is 21.0. The van der Waals surface area contributed by atoms with Gasteiger partial charge in [-0.3, -0.25) is 9.59 Å². The fourth-order valence-electron chi connectivity index (χ4n) is 3.71. The van der Waals surface area contributed by atoms with Gasteiger partial charge in [-0.15, -0.1) is 0 Å². The summed E-state index contributed by atoms with van der Waals surface area (Å²) in [5.41, 5.74) is -0.881. The van der Waals surface area contributed by atoms with Gasteiger partial charge in [0.25, 0.3) is 5.56 Å². The maximum atomic E-state index is 13.1. The number of rotatable bonds is 6. The largest absolute Gasteiger partial charge is 0.476 e. The Balaban J connectivity index is 2.00. The zero-order valence-corrected chi connectivity index (χ0v) is 17.1. The molecule has 1 aliphatic rings. The number of carboxylic acid groups (broad SMARTS) is 1. The molecule has 2 aromatic rings. The number of aromatic carboxylic acids is 1. The molecule has 156 valence electrons. The lowest BCUT2D eigenvalue weighted by atomic mass is 10.1. The minimum atomic E-state index is -3.20. The van der Waals surface area contributed by atoms with Crippen molar-refractivity contribution in [1.82, 2.24) is 14.7 Å². The zero-order chi connectivity index (χ0) is 21.3. The Morgan fingerprint density at radius 2 is 1.97 bits per heavy atom. The third kappa shape index (κ3) is 4.16. The molecule has 1 fully saturated rings. The average Bonchev–Trinajstić information content (AvgIpc) is 3.03. The van der Waals surface area contributed by atoms with Gasteiger partial charge >= 0.3 is 5.97 Å². The Kier molecular flexibility index (Phi) is 5.74. The number of hydrogen-bond acceptors (Lipinski definition) is 6. The van der Waals surface area contributed by atoms with Gasteiger partial charge < -0.3 is 10.0 Å². The van der Waals surface area contributed by atoms with Crippen molar-refractivity contribution >= 4 is 32.5 Å². The molecule has 0 spiro atoms. The summed E-state index contributed by atoms with van der Waals surface area (Å²) in [5.74, 6) is -1.84. The van der Waals surface area contributed by atoms with E-state index in [2.05, 4.69) is 5.10 Å². The van der Waals surface area contributed by atoms with Crippen molar-refractivity contribution in [2.45, 2.75) is 45.3 Å². The topological polar surface area (TPSA) is 127 Å². The maximum Gasteiger partial charge on any atom is 0.357 e. The summed E-state index contributed by atoms with van der Waals surface area (Å²) >= 11 is 0. The van der Waals surface area contributed by atoms with Crippen molar-refractivity contribution in [2.24, 2.45) is 0 Å². The number of amides is 1. The molecule has 2 unspecified atom stereocenters. The van der Waals surface area contributed by atoms with Crippen LogP contribution in [-0.2, 0) is 21.2 Å². The number of carboxylic acids is 1. The smallest absolute Gasteiger partial charge is 0.357 e. The molecule has 2 atom stereocenters. The van der Waals surface area contributed by atoms with Crippen LogP contribution in [0.3, 0.4) is 0 Å². The summed E-state index contributed by atoms with van der Waals surface area (Å²) < 4.78 is 24.6. The van der Waals surface area contributed by atoms with Crippen molar-refractivity contribution in [3.63, 3.8) is 0 Å². The lowest BCUT2D eigenvalue weighted by molar-refractivity contribution is -0.136. The van der Waals surface area contributed by atoms with Crippen molar-refractivity contribution in [3.8, 4) is 0 Å². The Bertz CT molecular complexity index is 1120. The van der Waals surface area contributed by atoms with Crippen LogP contribution in [0.5, 0.6) is 0 Å². The van der Waals surface area contributed by atoms with Gasteiger partial charge in [0, 0.05) is 17.5 Å². The van der Waals surface area contributed by atoms with E-state index in [0.29, 0.717) is 12.8 Å². The molecule has 1 N–H and O–H groups in total. The Morgan fingerprint density at radius 1 is 1.31 bits per heavy atom. The first-order chi connectivity index (χ1) is 13.6. The summed E-state index contributed by atoms with van der Waals surface area (Å²) in [4.78, 5) is 38.9. The van der Waals surface area contributed by atoms with Crippen LogP contribution in [0.25, 0.3) is 10.8 Å². The number of carbonyl (C=O) groups is 2. The van der Waals surface area contributed by atoms with Crippen LogP contribution in [0.2, 0.25) is 0 Å². The highest BCUT2D eigenvalue weighted by Gasteiger charge is 2.36. The molecule has 1 aromatic heterocycles. The van der Waals surface area contributed by atoms with Crippen LogP contribution in [-0.4, -0.2) is 63.7 Å². The number of benzene rings is 1. The number of carbonyl (C=O) groups excluding carboxylic acids is 1. The SMILES string of the molecule is CCC(C)N(C(=O)Cn1nc(C(=O)O)c2ccccc2c1=O)C1CCS(=O)(=O)C1. The number of fused-ring (bicyclic) bond motifs is 1. The minimum Gasteiger partial charge on any atom is -0.476 e. The van der Waals surface area contributed by atoms with Crippen molar-refractivity contribution in [1.29, 1.82) is 0 Å². The van der Waals surface area contributed by atoms with Gasteiger partial charge in [-0.2, -0.15) is 5.10 Å². The lowest BCUT2D eigenvalue weighted by Crippen LogP contribution is -2.49. The average molecular weight is 421 g/mol. The molecule has 1 aromatic carbocycles. The molecule has 0 saturated carbocycles. The minimum absolute atomic E-state index is 0.0230. The highest BCUT2D eigenvalue weighted by molar-refractivity contribution is 7.91. The number of sulfone groups is 1. The summed E-state index contributed by atoms with van der Waals surface area (Å²) in [6.07, 6.45) is 0.960. The van der Waals surface area contributed by atoms with Crippen LogP contribution in [0.4, 0.5) is 0 Å². The molecule has 0 radical (unpaired) electrons. The number of nitrogens with zero attached hydrogens (tertiary/aromatic N) is 3. The van der Waals surface area contributed by atoms with Crippen molar-refractivity contribution in [2.75, 3.05) is 11.5 Å². The summed E-state index contributed by atoms with van der Waals surface area (Å²) in [7, 11) is -3.20. The van der Waals surface area contributed by atoms with E-state index in [1.165, 1.54) is 17.0 Å². The van der Waals surface area contributed by atoms with Crippen LogP contribution in [0.1, 0.15) is 37.2 Å². The molecule has 3 rings (SSSR count). The second kappa shape index (κ2) is 7.94. The predicted molar refractivity (Wildman–Crippen MR) is 107 cm³/mol. The molecule has 1 amide bonds. The van der Waals surface area contributed by atoms with E-state index in [1.807, 2.05) is 13.8 Å². The molecule has 2 heterocycles. The first-order valence-electron chi connectivity index (χ1n) is 9.39. The Morgan fingerprint density at radius 3 is 2.52 bits per heavy atom. The fourth-order valence-corrected chi connectivity index (χ4v) is 5.42. The van der Waals surface area contributed by atoms with Crippen LogP contribution < -0.4 is 5.56 Å². The standard InChI is InChI=1S/C19H23N3O6S/c1-3-12(2)22(13-8-9-29(27,28)11-13)16(23)10-21-18(24)15-7-5-4-6-14(15)17(20-21)19(25)26/h4-7,12-13H,3,8-11H2,1-2H3,(H,25,26). The van der Waals surface area contributed by atoms with E-state index in [-0.39, 0.29) is 34.0 Å². The Hall–Kier alpha value is -2.75. The third-order valence-electron chi connectivity index (χ3n) is 5.31. The normalized spacial score (nSPS) is 19.2. The van der Waals surface area contributed by atoms with Crippen LogP contribution >= 0.6 is 0 Å². The highest BCUT2D eigenvalue weighted by atomic mass is 32.2. The lowest BCUT2D eigenvalue weighted by Gasteiger charge is -2.33. The monoisotopic (exact) mass is 421 g/mol. The van der Waals surface area contributed by atoms with Gasteiger partial charge in [-0.05, 0) is 25.8 Å². The van der Waals surface area contributed by atoms with E-state index in [1.54, 1.807) is 12.1 Å². The summed E-state index contributed by atoms with van der Waals surface area (Å²) in [6, 6.07) is 5.51. The van der Waals surface area contributed by atoms with Gasteiger partial charge in [-0.25, -0.2) is 17.9 Å². The van der Waals surface area contributed by atoms with Gasteiger partial charge in [0.15, 0.2) is 15.5 Å². The second-order valence-corrected chi connectivity index (χ2v) is 9.51. The molecular weight excluding hydrogens is 398 g/mol. The van der Waals surface area contributed by atoms with Gasteiger partial charge in [0.2, 0.25) is 5.91 Å². The van der Waals surface area contributed by atoms with Gasteiger partial charge in [0.05, 0.1) is 16.9 Å². The molecule has 10 heteroatoms. The molecule has 1 saturated heterocycles. The summed E-state index contributed by atoms with van der Waals surface area (Å²) in [6.45, 7) is 3.25. The highest BCUT2D eigenvalue weighted by Crippen LogP contribution is 2.22. The zero-order valence-electron chi connectivity index (χ0n) is 16.2. The van der Waals surface area contributed by atoms with E-state index >= 15 is 0 Å². The van der Waals surface area contributed by atoms with E-state index in [0.717, 1.165) is 4.68 Å². The molecule has 0 aliphatic carbocycles. The van der Waals surface area contributed by atoms with Gasteiger partial charge in [0.1, 0.15) is 6.54 Å². The predicted octanol–water partition coefficient (Wildman–Crippen LogP) is 0.909.